The Labute approximate surface area is 138 Å². The van der Waals surface area contributed by atoms with Crippen molar-refractivity contribution in [3.8, 4) is 0 Å². The molecule has 0 spiro atoms. The van der Waals surface area contributed by atoms with Crippen molar-refractivity contribution in [1.82, 2.24) is 4.83 Å². The van der Waals surface area contributed by atoms with Gasteiger partial charge in [-0.05, 0) is 42.3 Å². The van der Waals surface area contributed by atoms with Gasteiger partial charge in [0.25, 0.3) is 10.0 Å². The van der Waals surface area contributed by atoms with E-state index >= 15 is 0 Å². The number of hydrogen-bond donors (Lipinski definition) is 1. The molecule has 0 fully saturated rings. The molecule has 4 nitrogen and oxygen atoms in total. The molecule has 0 aliphatic rings. The van der Waals surface area contributed by atoms with E-state index in [-0.39, 0.29) is 4.90 Å². The quantitative estimate of drug-likeness (QED) is 0.634. The van der Waals surface area contributed by atoms with Crippen LogP contribution in [0.4, 0.5) is 0 Å². The van der Waals surface area contributed by atoms with E-state index in [4.69, 9.17) is 0 Å². The lowest BCUT2D eigenvalue weighted by Gasteiger charge is -2.03. The van der Waals surface area contributed by atoms with Gasteiger partial charge in [0, 0.05) is 4.47 Å². The molecule has 114 valence electrons. The second-order valence-corrected chi connectivity index (χ2v) is 7.18. The topological polar surface area (TPSA) is 58.5 Å². The fourth-order valence-electron chi connectivity index (χ4n) is 1.71. The second kappa shape index (κ2) is 7.38. The molecule has 6 heteroatoms. The Morgan fingerprint density at radius 1 is 1.09 bits per heavy atom. The maximum atomic E-state index is 12.0. The number of nitrogens with one attached hydrogen (secondary N) is 1. The fourth-order valence-corrected chi connectivity index (χ4v) is 2.77. The van der Waals surface area contributed by atoms with Gasteiger partial charge in [-0.15, -0.1) is 0 Å². The maximum Gasteiger partial charge on any atom is 0.276 e. The molecule has 0 saturated heterocycles. The largest absolute Gasteiger partial charge is 0.276 e. The minimum Gasteiger partial charge on any atom is -0.200 e. The van der Waals surface area contributed by atoms with Crippen molar-refractivity contribution >= 4 is 38.2 Å². The van der Waals surface area contributed by atoms with Crippen molar-refractivity contribution in [1.29, 1.82) is 0 Å². The Morgan fingerprint density at radius 2 is 1.73 bits per heavy atom. The Balaban J connectivity index is 2.05. The van der Waals surface area contributed by atoms with Crippen molar-refractivity contribution in [2.45, 2.75) is 11.8 Å². The molecule has 0 aliphatic carbocycles. The summed E-state index contributed by atoms with van der Waals surface area (Å²) in [5, 5.41) is 3.79. The first kappa shape index (κ1) is 16.5. The predicted octanol–water partition coefficient (Wildman–Crippen LogP) is 3.82. The highest BCUT2D eigenvalue weighted by Gasteiger charge is 2.11. The smallest absolute Gasteiger partial charge is 0.200 e. The van der Waals surface area contributed by atoms with Crippen LogP contribution in [0, 0.1) is 0 Å². The van der Waals surface area contributed by atoms with Crippen molar-refractivity contribution < 1.29 is 8.42 Å². The number of rotatable bonds is 5. The van der Waals surface area contributed by atoms with E-state index in [9.17, 15) is 8.42 Å². The van der Waals surface area contributed by atoms with Gasteiger partial charge < -0.3 is 0 Å². The van der Waals surface area contributed by atoms with Gasteiger partial charge in [-0.25, -0.2) is 4.83 Å². The van der Waals surface area contributed by atoms with Gasteiger partial charge in [-0.2, -0.15) is 13.5 Å². The molecular weight excluding hydrogens is 364 g/mol. The third kappa shape index (κ3) is 4.82. The van der Waals surface area contributed by atoms with E-state index in [0.717, 1.165) is 15.6 Å². The van der Waals surface area contributed by atoms with Gasteiger partial charge in [0.2, 0.25) is 0 Å². The lowest BCUT2D eigenvalue weighted by Crippen LogP contribution is -2.18. The average molecular weight is 379 g/mol. The van der Waals surface area contributed by atoms with Crippen LogP contribution < -0.4 is 4.83 Å². The number of hydrogen-bond acceptors (Lipinski definition) is 3. The molecule has 0 atom stereocenters. The average Bonchev–Trinajstić information content (AvgIpc) is 2.48. The van der Waals surface area contributed by atoms with Gasteiger partial charge in [0.15, 0.2) is 0 Å². The minimum absolute atomic E-state index is 0.164. The number of hydrazone groups is 1. The third-order valence-corrected chi connectivity index (χ3v) is 4.53. The van der Waals surface area contributed by atoms with Crippen LogP contribution in [0.25, 0.3) is 6.08 Å². The van der Waals surface area contributed by atoms with Crippen LogP contribution in [-0.2, 0) is 10.0 Å². The van der Waals surface area contributed by atoms with E-state index in [0.29, 0.717) is 0 Å². The molecule has 2 rings (SSSR count). The normalized spacial score (nSPS) is 12.5. The van der Waals surface area contributed by atoms with Crippen LogP contribution in [0.2, 0.25) is 0 Å². The summed E-state index contributed by atoms with van der Waals surface area (Å²) >= 11 is 3.26. The Bertz CT molecular complexity index is 783. The van der Waals surface area contributed by atoms with Crippen LogP contribution in [0.5, 0.6) is 0 Å². The summed E-state index contributed by atoms with van der Waals surface area (Å²) in [5.74, 6) is 0. The summed E-state index contributed by atoms with van der Waals surface area (Å²) in [6, 6.07) is 16.1. The molecule has 0 saturated carbocycles. The number of nitrogens with zero attached hydrogens (tertiary/aromatic N) is 1. The van der Waals surface area contributed by atoms with Crippen LogP contribution in [0.15, 0.2) is 74.6 Å². The van der Waals surface area contributed by atoms with Crippen molar-refractivity contribution in [2.75, 3.05) is 0 Å². The van der Waals surface area contributed by atoms with E-state index in [1.807, 2.05) is 43.3 Å². The van der Waals surface area contributed by atoms with Crippen LogP contribution in [-0.4, -0.2) is 14.6 Å². The molecule has 0 aromatic heterocycles. The molecule has 2 aromatic carbocycles. The van der Waals surface area contributed by atoms with Gasteiger partial charge in [0.1, 0.15) is 0 Å². The first-order valence-electron chi connectivity index (χ1n) is 6.51. The maximum absolute atomic E-state index is 12.0. The summed E-state index contributed by atoms with van der Waals surface area (Å²) < 4.78 is 24.9. The minimum atomic E-state index is -3.64. The van der Waals surface area contributed by atoms with Crippen LogP contribution in [0.1, 0.15) is 12.5 Å². The molecule has 22 heavy (non-hydrogen) atoms. The Hall–Kier alpha value is -1.92. The molecule has 0 unspecified atom stereocenters. The zero-order chi connectivity index (χ0) is 16.0. The fraction of sp³-hybridized carbons (Fsp3) is 0.0625. The summed E-state index contributed by atoms with van der Waals surface area (Å²) in [4.78, 5) is 2.36. The highest BCUT2D eigenvalue weighted by molar-refractivity contribution is 9.10. The second-order valence-electron chi connectivity index (χ2n) is 4.61. The highest BCUT2D eigenvalue weighted by Crippen LogP contribution is 2.14. The molecule has 2 aromatic rings. The van der Waals surface area contributed by atoms with E-state index in [1.54, 1.807) is 12.1 Å². The molecule has 0 aliphatic heterocycles. The summed E-state index contributed by atoms with van der Waals surface area (Å²) in [6.07, 6.45) is 3.39. The first-order valence-corrected chi connectivity index (χ1v) is 8.79. The molecule has 0 heterocycles. The molecule has 0 bridgehead atoms. The number of allylic oxidation sites excluding steroid dienone is 1. The van der Waals surface area contributed by atoms with Gasteiger partial charge >= 0.3 is 0 Å². The van der Waals surface area contributed by atoms with Crippen molar-refractivity contribution in [3.63, 3.8) is 0 Å². The standard InChI is InChI=1S/C16H15BrN2O2S/c1-13(11-14-5-3-2-4-6-14)12-18-19-22(20,21)16-9-7-15(17)8-10-16/h2-12,19H,1H3. The van der Waals surface area contributed by atoms with Crippen molar-refractivity contribution in [2.24, 2.45) is 5.10 Å². The summed E-state index contributed by atoms with van der Waals surface area (Å²) in [5.41, 5.74) is 1.87. The van der Waals surface area contributed by atoms with Crippen LogP contribution >= 0.6 is 15.9 Å². The van der Waals surface area contributed by atoms with Gasteiger partial charge in [-0.3, -0.25) is 0 Å². The molecule has 0 amide bonds. The monoisotopic (exact) mass is 378 g/mol. The lowest BCUT2D eigenvalue weighted by molar-refractivity contribution is 0.584. The number of sulfonamides is 1. The first-order chi connectivity index (χ1) is 10.5. The summed E-state index contributed by atoms with van der Waals surface area (Å²) in [6.45, 7) is 1.85. The number of halogens is 1. The number of benzene rings is 2. The lowest BCUT2D eigenvalue weighted by atomic mass is 10.1. The van der Waals surface area contributed by atoms with Crippen LogP contribution in [0.3, 0.4) is 0 Å². The Kier molecular flexibility index (Phi) is 5.51. The molecular formula is C16H15BrN2O2S. The molecule has 1 N–H and O–H groups in total. The van der Waals surface area contributed by atoms with E-state index in [1.165, 1.54) is 18.3 Å². The van der Waals surface area contributed by atoms with Gasteiger partial charge in [-0.1, -0.05) is 52.3 Å². The molecule has 0 radical (unpaired) electrons. The van der Waals surface area contributed by atoms with E-state index < -0.39 is 10.0 Å². The third-order valence-electron chi connectivity index (χ3n) is 2.76. The predicted molar refractivity (Wildman–Crippen MR) is 93.0 cm³/mol. The SMILES string of the molecule is CC(C=NNS(=O)(=O)c1ccc(Br)cc1)=Cc1ccccc1. The van der Waals surface area contributed by atoms with E-state index in [2.05, 4.69) is 25.9 Å². The zero-order valence-corrected chi connectivity index (χ0v) is 14.3. The van der Waals surface area contributed by atoms with Crippen molar-refractivity contribution in [3.05, 3.63) is 70.2 Å². The summed E-state index contributed by atoms with van der Waals surface area (Å²) in [7, 11) is -3.64. The highest BCUT2D eigenvalue weighted by atomic mass is 79.9. The van der Waals surface area contributed by atoms with Gasteiger partial charge in [0.05, 0.1) is 11.1 Å². The Morgan fingerprint density at radius 3 is 2.36 bits per heavy atom. The zero-order valence-electron chi connectivity index (χ0n) is 11.9.